The number of nitrogens with one attached hydrogen (secondary N) is 4. The summed E-state index contributed by atoms with van der Waals surface area (Å²) in [5, 5.41) is 17.9. The molecule has 0 bridgehead atoms. The second kappa shape index (κ2) is 12.2. The Kier molecular flexibility index (Phi) is 8.71. The van der Waals surface area contributed by atoms with Crippen LogP contribution in [0.2, 0.25) is 0 Å². The third kappa shape index (κ3) is 6.74. The molecule has 0 aliphatic heterocycles. The molecule has 1 aromatic carbocycles. The average Bonchev–Trinajstić information content (AvgIpc) is 2.85. The fourth-order valence-corrected chi connectivity index (χ4v) is 3.00. The molecule has 10 nitrogen and oxygen atoms in total. The first-order valence-corrected chi connectivity index (χ1v) is 11.3. The van der Waals surface area contributed by atoms with E-state index in [0.717, 1.165) is 17.5 Å². The van der Waals surface area contributed by atoms with Gasteiger partial charge in [-0.15, -0.1) is 0 Å². The van der Waals surface area contributed by atoms with Crippen LogP contribution in [-0.2, 0) is 0 Å². The molecular formula is C22H24N8O2S. The van der Waals surface area contributed by atoms with Crippen molar-refractivity contribution >= 4 is 47.6 Å². The van der Waals surface area contributed by atoms with Crippen molar-refractivity contribution in [3.8, 4) is 5.88 Å². The maximum Gasteiger partial charge on any atom is 0.251 e. The lowest BCUT2D eigenvalue weighted by Crippen LogP contribution is -2.25. The highest BCUT2D eigenvalue weighted by atomic mass is 32.2. The van der Waals surface area contributed by atoms with Gasteiger partial charge in [0, 0.05) is 30.1 Å². The predicted molar refractivity (Wildman–Crippen MR) is 132 cm³/mol. The summed E-state index contributed by atoms with van der Waals surface area (Å²) in [4.78, 5) is 24.7. The Hall–Kier alpha value is -3.99. The standard InChI is InChI=1S/C22H24N8O2S/c1-32-19-5-3-4-18(28-19)29-20-17(12-23)21(26-14-25-20)30-27-13-15-6-8-16(9-7-15)22(31)24-10-11-33-2/h3-9,12-14,23H,10-11H2,1-2H3,(H,24,31)(H2,25,26,28,29,30)/b23-12?,27-13+. The number of hydrogen-bond donors (Lipinski definition) is 4. The molecule has 3 aromatic rings. The third-order valence-corrected chi connectivity index (χ3v) is 4.97. The smallest absolute Gasteiger partial charge is 0.251 e. The number of ether oxygens (including phenoxy) is 1. The van der Waals surface area contributed by atoms with E-state index in [-0.39, 0.29) is 5.91 Å². The Labute approximate surface area is 195 Å². The lowest BCUT2D eigenvalue weighted by molar-refractivity contribution is 0.0956. The first-order valence-electron chi connectivity index (χ1n) is 9.94. The van der Waals surface area contributed by atoms with E-state index in [2.05, 4.69) is 36.1 Å². The first-order chi connectivity index (χ1) is 16.1. The second-order valence-electron chi connectivity index (χ2n) is 6.56. The number of thioether (sulfide) groups is 1. The second-order valence-corrected chi connectivity index (χ2v) is 7.55. The number of aromatic nitrogens is 3. The minimum absolute atomic E-state index is 0.104. The summed E-state index contributed by atoms with van der Waals surface area (Å²) in [6.07, 6.45) is 6.08. The summed E-state index contributed by atoms with van der Waals surface area (Å²) in [6.45, 7) is 0.631. The summed E-state index contributed by atoms with van der Waals surface area (Å²) < 4.78 is 5.13. The molecule has 0 atom stereocenters. The highest BCUT2D eigenvalue weighted by Gasteiger charge is 2.10. The minimum atomic E-state index is -0.104. The molecule has 2 aromatic heterocycles. The van der Waals surface area contributed by atoms with Gasteiger partial charge in [0.1, 0.15) is 18.0 Å². The zero-order valence-electron chi connectivity index (χ0n) is 18.2. The van der Waals surface area contributed by atoms with Crippen molar-refractivity contribution in [2.75, 3.05) is 36.4 Å². The van der Waals surface area contributed by atoms with Gasteiger partial charge in [-0.2, -0.15) is 21.8 Å². The molecule has 0 saturated heterocycles. The van der Waals surface area contributed by atoms with E-state index in [1.54, 1.807) is 60.4 Å². The highest BCUT2D eigenvalue weighted by molar-refractivity contribution is 7.98. The fraction of sp³-hybridized carbons (Fsp3) is 0.182. The number of amides is 1. The molecular weight excluding hydrogens is 440 g/mol. The van der Waals surface area contributed by atoms with Crippen LogP contribution in [-0.4, -0.2) is 59.0 Å². The zero-order chi connectivity index (χ0) is 23.5. The number of rotatable bonds is 11. The predicted octanol–water partition coefficient (Wildman–Crippen LogP) is 3.16. The molecule has 0 unspecified atom stereocenters. The van der Waals surface area contributed by atoms with E-state index in [9.17, 15) is 4.79 Å². The monoisotopic (exact) mass is 464 g/mol. The van der Waals surface area contributed by atoms with Crippen LogP contribution in [0.25, 0.3) is 0 Å². The Balaban J connectivity index is 1.66. The molecule has 0 radical (unpaired) electrons. The van der Waals surface area contributed by atoms with Crippen molar-refractivity contribution in [1.29, 1.82) is 5.41 Å². The van der Waals surface area contributed by atoms with Crippen molar-refractivity contribution in [3.63, 3.8) is 0 Å². The van der Waals surface area contributed by atoms with Crippen LogP contribution < -0.4 is 20.8 Å². The molecule has 4 N–H and O–H groups in total. The van der Waals surface area contributed by atoms with Gasteiger partial charge in [-0.25, -0.2) is 9.97 Å². The molecule has 1 amide bonds. The Bertz CT molecular complexity index is 1120. The lowest BCUT2D eigenvalue weighted by atomic mass is 10.1. The van der Waals surface area contributed by atoms with Gasteiger partial charge in [0.05, 0.1) is 18.9 Å². The minimum Gasteiger partial charge on any atom is -0.481 e. The number of pyridine rings is 1. The Morgan fingerprint density at radius 2 is 1.97 bits per heavy atom. The number of carbonyl (C=O) groups is 1. The van der Waals surface area contributed by atoms with Crippen molar-refractivity contribution < 1.29 is 9.53 Å². The van der Waals surface area contributed by atoms with E-state index < -0.39 is 0 Å². The molecule has 0 aliphatic rings. The topological polar surface area (TPSA) is 137 Å². The normalized spacial score (nSPS) is 10.6. The summed E-state index contributed by atoms with van der Waals surface area (Å²) >= 11 is 1.68. The van der Waals surface area contributed by atoms with Crippen molar-refractivity contribution in [1.82, 2.24) is 20.3 Å². The summed E-state index contributed by atoms with van der Waals surface area (Å²) in [6, 6.07) is 12.4. The van der Waals surface area contributed by atoms with Gasteiger partial charge < -0.3 is 20.8 Å². The van der Waals surface area contributed by atoms with Crippen LogP contribution in [0, 0.1) is 5.41 Å². The molecule has 2 heterocycles. The maximum absolute atomic E-state index is 12.1. The van der Waals surface area contributed by atoms with Crippen LogP contribution in [0.5, 0.6) is 5.88 Å². The Morgan fingerprint density at radius 3 is 2.70 bits per heavy atom. The van der Waals surface area contributed by atoms with Gasteiger partial charge in [-0.05, 0) is 30.0 Å². The molecule has 0 aliphatic carbocycles. The van der Waals surface area contributed by atoms with Crippen LogP contribution in [0.3, 0.4) is 0 Å². The lowest BCUT2D eigenvalue weighted by Gasteiger charge is -2.11. The number of methoxy groups -OCH3 is 1. The van der Waals surface area contributed by atoms with E-state index >= 15 is 0 Å². The average molecular weight is 465 g/mol. The Morgan fingerprint density at radius 1 is 1.18 bits per heavy atom. The third-order valence-electron chi connectivity index (χ3n) is 4.36. The number of benzene rings is 1. The molecule has 11 heteroatoms. The highest BCUT2D eigenvalue weighted by Crippen LogP contribution is 2.22. The van der Waals surface area contributed by atoms with E-state index in [1.165, 1.54) is 13.4 Å². The number of nitrogens with zero attached hydrogens (tertiary/aromatic N) is 4. The summed E-state index contributed by atoms with van der Waals surface area (Å²) in [5.41, 5.74) is 4.63. The number of hydrazone groups is 1. The van der Waals surface area contributed by atoms with Crippen molar-refractivity contribution in [2.24, 2.45) is 5.10 Å². The van der Waals surface area contributed by atoms with Gasteiger partial charge in [0.25, 0.3) is 5.91 Å². The van der Waals surface area contributed by atoms with E-state index in [0.29, 0.717) is 41.0 Å². The fourth-order valence-electron chi connectivity index (χ4n) is 2.70. The van der Waals surface area contributed by atoms with Crippen LogP contribution >= 0.6 is 11.8 Å². The molecule has 33 heavy (non-hydrogen) atoms. The van der Waals surface area contributed by atoms with Crippen LogP contribution in [0.15, 0.2) is 53.9 Å². The van der Waals surface area contributed by atoms with Gasteiger partial charge in [-0.3, -0.25) is 10.2 Å². The quantitative estimate of drug-likeness (QED) is 0.193. The van der Waals surface area contributed by atoms with Crippen molar-refractivity contribution in [3.05, 3.63) is 65.5 Å². The van der Waals surface area contributed by atoms with Gasteiger partial charge in [0.15, 0.2) is 5.82 Å². The molecule has 170 valence electrons. The maximum atomic E-state index is 12.1. The van der Waals surface area contributed by atoms with Crippen LogP contribution in [0.4, 0.5) is 17.5 Å². The van der Waals surface area contributed by atoms with Crippen molar-refractivity contribution in [2.45, 2.75) is 0 Å². The molecule has 0 spiro atoms. The first kappa shape index (κ1) is 23.7. The molecule has 0 saturated carbocycles. The number of hydrogen-bond acceptors (Lipinski definition) is 10. The van der Waals surface area contributed by atoms with E-state index in [4.69, 9.17) is 10.1 Å². The summed E-state index contributed by atoms with van der Waals surface area (Å²) in [5.74, 6) is 2.49. The zero-order valence-corrected chi connectivity index (χ0v) is 19.0. The van der Waals surface area contributed by atoms with Crippen LogP contribution in [0.1, 0.15) is 21.5 Å². The summed E-state index contributed by atoms with van der Waals surface area (Å²) in [7, 11) is 1.54. The van der Waals surface area contributed by atoms with Gasteiger partial charge in [0.2, 0.25) is 5.88 Å². The van der Waals surface area contributed by atoms with Gasteiger partial charge in [-0.1, -0.05) is 18.2 Å². The molecule has 0 fully saturated rings. The largest absolute Gasteiger partial charge is 0.481 e. The number of anilines is 3. The number of carbonyl (C=O) groups excluding carboxylic acids is 1. The SMILES string of the molecule is COc1cccc(Nc2ncnc(N/N=C/c3ccc(C(=O)NCCSC)cc3)c2C=N)n1. The van der Waals surface area contributed by atoms with Gasteiger partial charge >= 0.3 is 0 Å². The molecule has 3 rings (SSSR count). The van der Waals surface area contributed by atoms with E-state index in [1.807, 2.05) is 6.26 Å².